The van der Waals surface area contributed by atoms with Crippen molar-refractivity contribution in [3.05, 3.63) is 59.0 Å². The summed E-state index contributed by atoms with van der Waals surface area (Å²) in [6, 6.07) is 9.79. The summed E-state index contributed by atoms with van der Waals surface area (Å²) in [5.41, 5.74) is 8.81. The van der Waals surface area contributed by atoms with Gasteiger partial charge in [-0.2, -0.15) is 14.6 Å². The van der Waals surface area contributed by atoms with Gasteiger partial charge in [0.05, 0.1) is 17.5 Å². The number of imidazole rings is 1. The Morgan fingerprint density at radius 1 is 1.20 bits per heavy atom. The number of benzene rings is 1. The first-order chi connectivity index (χ1) is 19.7. The van der Waals surface area contributed by atoms with Crippen molar-refractivity contribution >= 4 is 34.3 Å². The van der Waals surface area contributed by atoms with Crippen LogP contribution in [0.1, 0.15) is 6.92 Å². The number of carbonyl (C=O) groups is 1. The molecule has 1 fully saturated rings. The van der Waals surface area contributed by atoms with E-state index in [0.29, 0.717) is 73.1 Å². The molecule has 1 aromatic carbocycles. The first kappa shape index (κ1) is 26.4. The second-order valence-electron chi connectivity index (χ2n) is 9.98. The Bertz CT molecular complexity index is 1800. The number of halogens is 1. The number of aromatic nitrogens is 5. The van der Waals surface area contributed by atoms with Gasteiger partial charge in [-0.15, -0.1) is 0 Å². The number of carboxylic acid groups (broad SMARTS) is 1. The van der Waals surface area contributed by atoms with Crippen LogP contribution in [0.3, 0.4) is 0 Å². The number of hydrogen-bond donors (Lipinski definition) is 2. The smallest absolute Gasteiger partial charge is 0.344 e. The van der Waals surface area contributed by atoms with Crippen molar-refractivity contribution in [2.75, 3.05) is 43.4 Å². The zero-order valence-electron chi connectivity index (χ0n) is 22.5. The van der Waals surface area contributed by atoms with Gasteiger partial charge >= 0.3 is 11.7 Å². The number of nitrogens with zero attached hydrogens (tertiary/aromatic N) is 7. The van der Waals surface area contributed by atoms with Crippen LogP contribution in [-0.2, 0) is 18.4 Å². The Morgan fingerprint density at radius 3 is 2.66 bits per heavy atom. The van der Waals surface area contributed by atoms with E-state index >= 15 is 0 Å². The fourth-order valence-electron chi connectivity index (χ4n) is 5.20. The highest BCUT2D eigenvalue weighted by molar-refractivity contribution is 5.91. The van der Waals surface area contributed by atoms with E-state index in [1.165, 1.54) is 17.5 Å². The zero-order valence-corrected chi connectivity index (χ0v) is 22.5. The standard InChI is InChI=1S/C27H29FN8O5/c1-16(25(37)38)41-17-5-6-20(18(28)14-17)34-10-7-33(8-11-34)9-12-35-24-23(32(2)27(35)39)21-15-19(22-4-3-13-40-22)31-36(21)26(29)30-24/h3-6,13-16H,7-12H2,1-2H3,(H2,29,30)(H,37,38)/t16-/m1/s1. The largest absolute Gasteiger partial charge is 0.479 e. The van der Waals surface area contributed by atoms with Crippen molar-refractivity contribution in [3.8, 4) is 17.2 Å². The van der Waals surface area contributed by atoms with Crippen LogP contribution in [0.15, 0.2) is 51.9 Å². The predicted molar refractivity (Wildman–Crippen MR) is 149 cm³/mol. The van der Waals surface area contributed by atoms with Crippen LogP contribution in [0.2, 0.25) is 0 Å². The number of piperazine rings is 1. The molecule has 5 aromatic rings. The molecule has 1 aliphatic heterocycles. The van der Waals surface area contributed by atoms with Crippen molar-refractivity contribution in [3.63, 3.8) is 0 Å². The summed E-state index contributed by atoms with van der Waals surface area (Å²) in [5.74, 6) is -0.679. The third-order valence-corrected chi connectivity index (χ3v) is 7.42. The van der Waals surface area contributed by atoms with Gasteiger partial charge in [-0.05, 0) is 37.3 Å². The average Bonchev–Trinajstić information content (AvgIpc) is 3.68. The monoisotopic (exact) mass is 564 g/mol. The Hall–Kier alpha value is -4.85. The average molecular weight is 565 g/mol. The molecule has 214 valence electrons. The van der Waals surface area contributed by atoms with Crippen LogP contribution in [-0.4, -0.2) is 78.5 Å². The van der Waals surface area contributed by atoms with E-state index in [1.54, 1.807) is 46.7 Å². The summed E-state index contributed by atoms with van der Waals surface area (Å²) < 4.78 is 30.2. The molecule has 0 spiro atoms. The molecule has 5 heterocycles. The number of carboxylic acids is 1. The van der Waals surface area contributed by atoms with E-state index in [1.807, 2.05) is 11.0 Å². The second-order valence-corrected chi connectivity index (χ2v) is 9.98. The third-order valence-electron chi connectivity index (χ3n) is 7.42. The normalized spacial score (nSPS) is 15.1. The number of fused-ring (bicyclic) bond motifs is 3. The van der Waals surface area contributed by atoms with Crippen molar-refractivity contribution in [2.45, 2.75) is 19.6 Å². The zero-order chi connectivity index (χ0) is 28.8. The van der Waals surface area contributed by atoms with Gasteiger partial charge in [-0.1, -0.05) is 0 Å². The lowest BCUT2D eigenvalue weighted by Gasteiger charge is -2.36. The topological polar surface area (TPSA) is 149 Å². The maximum absolute atomic E-state index is 14.8. The van der Waals surface area contributed by atoms with Crippen LogP contribution in [0.25, 0.3) is 28.1 Å². The molecule has 6 rings (SSSR count). The lowest BCUT2D eigenvalue weighted by molar-refractivity contribution is -0.144. The van der Waals surface area contributed by atoms with Gasteiger partial charge in [0.15, 0.2) is 17.5 Å². The van der Waals surface area contributed by atoms with Gasteiger partial charge in [-0.3, -0.25) is 14.0 Å². The molecule has 3 N–H and O–H groups in total. The summed E-state index contributed by atoms with van der Waals surface area (Å²) in [5, 5.41) is 13.5. The quantitative estimate of drug-likeness (QED) is 0.287. The summed E-state index contributed by atoms with van der Waals surface area (Å²) in [7, 11) is 1.70. The van der Waals surface area contributed by atoms with E-state index in [9.17, 15) is 14.0 Å². The van der Waals surface area contributed by atoms with E-state index in [0.717, 1.165) is 0 Å². The molecule has 0 aliphatic carbocycles. The predicted octanol–water partition coefficient (Wildman–Crippen LogP) is 2.04. The molecule has 13 nitrogen and oxygen atoms in total. The number of nitrogens with two attached hydrogens (primary N) is 1. The maximum Gasteiger partial charge on any atom is 0.344 e. The molecule has 1 atom stereocenters. The summed E-state index contributed by atoms with van der Waals surface area (Å²) in [6.45, 7) is 4.90. The molecule has 1 aliphatic rings. The van der Waals surface area contributed by atoms with Gasteiger partial charge in [0.2, 0.25) is 5.95 Å². The van der Waals surface area contributed by atoms with Gasteiger partial charge in [0.1, 0.15) is 22.8 Å². The van der Waals surface area contributed by atoms with Gasteiger partial charge in [0, 0.05) is 52.4 Å². The Kier molecular flexibility index (Phi) is 6.61. The lowest BCUT2D eigenvalue weighted by atomic mass is 10.2. The molecule has 41 heavy (non-hydrogen) atoms. The minimum Gasteiger partial charge on any atom is -0.479 e. The van der Waals surface area contributed by atoms with Crippen LogP contribution >= 0.6 is 0 Å². The van der Waals surface area contributed by atoms with E-state index in [2.05, 4.69) is 15.0 Å². The van der Waals surface area contributed by atoms with Crippen LogP contribution < -0.4 is 21.1 Å². The fraction of sp³-hybridized carbons (Fsp3) is 0.333. The first-order valence-electron chi connectivity index (χ1n) is 13.2. The number of nitrogen functional groups attached to an aromatic ring is 1. The third kappa shape index (κ3) is 4.75. The first-order valence-corrected chi connectivity index (χ1v) is 13.2. The Balaban J connectivity index is 1.16. The number of aryl methyl sites for hydroxylation is 1. The van der Waals surface area contributed by atoms with Crippen LogP contribution in [0.4, 0.5) is 16.0 Å². The summed E-state index contributed by atoms with van der Waals surface area (Å²) >= 11 is 0. The number of hydrogen-bond acceptors (Lipinski definition) is 9. The van der Waals surface area contributed by atoms with E-state index in [-0.39, 0.29) is 17.4 Å². The highest BCUT2D eigenvalue weighted by Crippen LogP contribution is 2.27. The second kappa shape index (κ2) is 10.3. The minimum absolute atomic E-state index is 0.161. The maximum atomic E-state index is 14.8. The summed E-state index contributed by atoms with van der Waals surface area (Å²) in [4.78, 5) is 32.9. The molecule has 1 saturated heterocycles. The Labute approximate surface area is 232 Å². The van der Waals surface area contributed by atoms with Crippen molar-refractivity contribution in [1.29, 1.82) is 0 Å². The van der Waals surface area contributed by atoms with Crippen LogP contribution in [0.5, 0.6) is 5.75 Å². The molecule has 0 unspecified atom stereocenters. The molecule has 0 bridgehead atoms. The highest BCUT2D eigenvalue weighted by atomic mass is 19.1. The number of ether oxygens (including phenoxy) is 1. The molecule has 14 heteroatoms. The van der Waals surface area contributed by atoms with E-state index < -0.39 is 17.9 Å². The Morgan fingerprint density at radius 2 is 1.98 bits per heavy atom. The van der Waals surface area contributed by atoms with Crippen LogP contribution in [0, 0.1) is 5.82 Å². The van der Waals surface area contributed by atoms with E-state index in [4.69, 9.17) is 20.0 Å². The number of furan rings is 1. The van der Waals surface area contributed by atoms with Crippen molar-refractivity contribution in [1.82, 2.24) is 28.6 Å². The lowest BCUT2D eigenvalue weighted by Crippen LogP contribution is -2.47. The fourth-order valence-corrected chi connectivity index (χ4v) is 5.20. The number of anilines is 2. The molecule has 4 aromatic heterocycles. The molecular weight excluding hydrogens is 535 g/mol. The molecule has 0 amide bonds. The summed E-state index contributed by atoms with van der Waals surface area (Å²) in [6.07, 6.45) is 0.491. The number of rotatable bonds is 8. The number of aliphatic carboxylic acids is 1. The van der Waals surface area contributed by atoms with Gasteiger partial charge in [-0.25, -0.2) is 14.0 Å². The molecular formula is C27H29FN8O5. The minimum atomic E-state index is -1.12. The highest BCUT2D eigenvalue weighted by Gasteiger charge is 2.23. The SMILES string of the molecule is C[C@@H](Oc1ccc(N2CCN(CCn3c(=O)n(C)c4c3nc(N)n3nc(-c5ccco5)cc43)CC2)c(F)c1)C(=O)O. The van der Waals surface area contributed by atoms with Gasteiger partial charge < -0.3 is 24.9 Å². The van der Waals surface area contributed by atoms with Gasteiger partial charge in [0.25, 0.3) is 0 Å². The van der Waals surface area contributed by atoms with Crippen molar-refractivity contribution in [2.24, 2.45) is 7.05 Å². The molecule has 0 radical (unpaired) electrons. The molecule has 0 saturated carbocycles. The van der Waals surface area contributed by atoms with Crippen molar-refractivity contribution < 1.29 is 23.4 Å².